The molecule has 1 aromatic carbocycles. The SMILES string of the molecule is Cc1cccc(-c2nc(C(=O)N3CCC(=O)N3)c(C)[nH]2)c1. The van der Waals surface area contributed by atoms with Gasteiger partial charge in [-0.15, -0.1) is 0 Å². The number of amides is 2. The first-order chi connectivity index (χ1) is 10.0. The van der Waals surface area contributed by atoms with Crippen molar-refractivity contribution in [1.29, 1.82) is 0 Å². The summed E-state index contributed by atoms with van der Waals surface area (Å²) in [7, 11) is 0. The first-order valence-electron chi connectivity index (χ1n) is 6.79. The van der Waals surface area contributed by atoms with Crippen LogP contribution in [0.15, 0.2) is 24.3 Å². The Morgan fingerprint density at radius 1 is 1.33 bits per heavy atom. The van der Waals surface area contributed by atoms with Crippen molar-refractivity contribution in [1.82, 2.24) is 20.4 Å². The third kappa shape index (κ3) is 2.52. The molecular formula is C15H16N4O2. The first kappa shape index (κ1) is 13.4. The van der Waals surface area contributed by atoms with Crippen molar-refractivity contribution >= 4 is 11.8 Å². The molecule has 6 nitrogen and oxygen atoms in total. The largest absolute Gasteiger partial charge is 0.341 e. The number of carbonyl (C=O) groups excluding carboxylic acids is 2. The van der Waals surface area contributed by atoms with Gasteiger partial charge >= 0.3 is 0 Å². The average molecular weight is 284 g/mol. The van der Waals surface area contributed by atoms with Crippen LogP contribution in [-0.2, 0) is 4.79 Å². The molecule has 3 rings (SSSR count). The van der Waals surface area contributed by atoms with E-state index in [1.54, 1.807) is 6.92 Å². The maximum absolute atomic E-state index is 12.4. The number of hydrogen-bond acceptors (Lipinski definition) is 3. The average Bonchev–Trinajstić information content (AvgIpc) is 3.04. The molecular weight excluding hydrogens is 268 g/mol. The molecule has 2 heterocycles. The summed E-state index contributed by atoms with van der Waals surface area (Å²) in [5.74, 6) is 0.231. The standard InChI is InChI=1S/C15H16N4O2/c1-9-4-3-5-11(8-9)14-16-10(2)13(17-14)15(21)19-7-6-12(20)18-19/h3-5,8H,6-7H2,1-2H3,(H,16,17)(H,18,20). The summed E-state index contributed by atoms with van der Waals surface area (Å²) in [5, 5.41) is 1.31. The molecule has 2 amide bonds. The van der Waals surface area contributed by atoms with Crippen LogP contribution >= 0.6 is 0 Å². The van der Waals surface area contributed by atoms with Gasteiger partial charge in [0.1, 0.15) is 5.82 Å². The minimum Gasteiger partial charge on any atom is -0.341 e. The zero-order chi connectivity index (χ0) is 15.0. The zero-order valence-corrected chi connectivity index (χ0v) is 11.9. The molecule has 2 aromatic rings. The van der Waals surface area contributed by atoms with Crippen LogP contribution in [0.2, 0.25) is 0 Å². The number of hydrazine groups is 1. The molecule has 21 heavy (non-hydrogen) atoms. The van der Waals surface area contributed by atoms with Gasteiger partial charge in [-0.05, 0) is 19.9 Å². The maximum atomic E-state index is 12.4. The number of benzene rings is 1. The summed E-state index contributed by atoms with van der Waals surface area (Å²) in [6.07, 6.45) is 0.333. The van der Waals surface area contributed by atoms with E-state index >= 15 is 0 Å². The number of aromatic amines is 1. The fraction of sp³-hybridized carbons (Fsp3) is 0.267. The Kier molecular flexibility index (Phi) is 3.21. The number of imidazole rings is 1. The molecule has 6 heteroatoms. The van der Waals surface area contributed by atoms with E-state index in [0.717, 1.165) is 11.1 Å². The van der Waals surface area contributed by atoms with Gasteiger partial charge in [-0.3, -0.25) is 15.0 Å². The summed E-state index contributed by atoms with van der Waals surface area (Å²) in [4.78, 5) is 31.1. The number of nitrogens with one attached hydrogen (secondary N) is 2. The summed E-state index contributed by atoms with van der Waals surface area (Å²) in [5.41, 5.74) is 5.62. The van der Waals surface area contributed by atoms with Gasteiger partial charge in [0.15, 0.2) is 5.69 Å². The Hall–Kier alpha value is -2.63. The fourth-order valence-electron chi connectivity index (χ4n) is 2.35. The molecule has 1 aliphatic heterocycles. The molecule has 1 fully saturated rings. The smallest absolute Gasteiger partial charge is 0.292 e. The van der Waals surface area contributed by atoms with E-state index in [2.05, 4.69) is 15.4 Å². The number of rotatable bonds is 2. The monoisotopic (exact) mass is 284 g/mol. The van der Waals surface area contributed by atoms with Crippen LogP contribution < -0.4 is 5.43 Å². The molecule has 0 saturated carbocycles. The Morgan fingerprint density at radius 2 is 2.14 bits per heavy atom. The summed E-state index contributed by atoms with van der Waals surface area (Å²) in [6.45, 7) is 4.19. The van der Waals surface area contributed by atoms with Crippen molar-refractivity contribution in [2.75, 3.05) is 6.54 Å². The van der Waals surface area contributed by atoms with Crippen LogP contribution in [-0.4, -0.2) is 33.3 Å². The highest BCUT2D eigenvalue weighted by molar-refractivity contribution is 5.96. The minimum atomic E-state index is -0.284. The molecule has 2 N–H and O–H groups in total. The lowest BCUT2D eigenvalue weighted by Crippen LogP contribution is -2.39. The van der Waals surface area contributed by atoms with E-state index in [0.29, 0.717) is 30.2 Å². The Balaban J connectivity index is 1.91. The van der Waals surface area contributed by atoms with Gasteiger partial charge in [0.25, 0.3) is 5.91 Å². The fourth-order valence-corrected chi connectivity index (χ4v) is 2.35. The first-order valence-corrected chi connectivity index (χ1v) is 6.79. The predicted molar refractivity (Wildman–Crippen MR) is 77.3 cm³/mol. The van der Waals surface area contributed by atoms with E-state index in [9.17, 15) is 9.59 Å². The lowest BCUT2D eigenvalue weighted by atomic mass is 10.1. The number of H-pyrrole nitrogens is 1. The van der Waals surface area contributed by atoms with Crippen molar-refractivity contribution in [3.63, 3.8) is 0 Å². The van der Waals surface area contributed by atoms with E-state index in [1.165, 1.54) is 5.01 Å². The molecule has 1 saturated heterocycles. The van der Waals surface area contributed by atoms with Crippen LogP contribution in [0.4, 0.5) is 0 Å². The van der Waals surface area contributed by atoms with E-state index < -0.39 is 0 Å². The Bertz CT molecular complexity index is 720. The van der Waals surface area contributed by atoms with E-state index in [1.807, 2.05) is 31.2 Å². The second-order valence-corrected chi connectivity index (χ2v) is 5.17. The quantitative estimate of drug-likeness (QED) is 0.878. The summed E-state index contributed by atoms with van der Waals surface area (Å²) < 4.78 is 0. The molecule has 108 valence electrons. The van der Waals surface area contributed by atoms with Crippen LogP contribution in [0.5, 0.6) is 0 Å². The van der Waals surface area contributed by atoms with Gasteiger partial charge in [-0.25, -0.2) is 9.99 Å². The Morgan fingerprint density at radius 3 is 2.81 bits per heavy atom. The summed E-state index contributed by atoms with van der Waals surface area (Å²) >= 11 is 0. The number of nitrogens with zero attached hydrogens (tertiary/aromatic N) is 2. The number of hydrogen-bond donors (Lipinski definition) is 2. The number of aromatic nitrogens is 2. The molecule has 1 aromatic heterocycles. The summed E-state index contributed by atoms with van der Waals surface area (Å²) in [6, 6.07) is 7.90. The number of aryl methyl sites for hydroxylation is 2. The molecule has 0 radical (unpaired) electrons. The predicted octanol–water partition coefficient (Wildman–Crippen LogP) is 1.57. The topological polar surface area (TPSA) is 78.1 Å². The second kappa shape index (κ2) is 5.05. The molecule has 0 aliphatic carbocycles. The van der Waals surface area contributed by atoms with Crippen molar-refractivity contribution in [2.24, 2.45) is 0 Å². The van der Waals surface area contributed by atoms with Gasteiger partial charge in [0.2, 0.25) is 5.91 Å². The van der Waals surface area contributed by atoms with Crippen molar-refractivity contribution in [2.45, 2.75) is 20.3 Å². The van der Waals surface area contributed by atoms with Crippen LogP contribution in [0.1, 0.15) is 28.2 Å². The molecule has 0 atom stereocenters. The lowest BCUT2D eigenvalue weighted by Gasteiger charge is -2.13. The van der Waals surface area contributed by atoms with Crippen LogP contribution in [0, 0.1) is 13.8 Å². The van der Waals surface area contributed by atoms with Gasteiger partial charge in [0.05, 0.1) is 6.54 Å². The van der Waals surface area contributed by atoms with Crippen LogP contribution in [0.3, 0.4) is 0 Å². The maximum Gasteiger partial charge on any atom is 0.292 e. The van der Waals surface area contributed by atoms with Gasteiger partial charge in [0, 0.05) is 17.7 Å². The Labute approximate surface area is 122 Å². The highest BCUT2D eigenvalue weighted by Gasteiger charge is 2.27. The zero-order valence-electron chi connectivity index (χ0n) is 11.9. The normalized spacial score (nSPS) is 14.4. The molecule has 0 unspecified atom stereocenters. The number of carbonyl (C=O) groups is 2. The highest BCUT2D eigenvalue weighted by atomic mass is 16.2. The van der Waals surface area contributed by atoms with Crippen LogP contribution in [0.25, 0.3) is 11.4 Å². The van der Waals surface area contributed by atoms with Crippen molar-refractivity contribution in [3.05, 3.63) is 41.2 Å². The van der Waals surface area contributed by atoms with E-state index in [-0.39, 0.29) is 11.8 Å². The molecule has 1 aliphatic rings. The lowest BCUT2D eigenvalue weighted by molar-refractivity contribution is -0.120. The molecule has 0 spiro atoms. The van der Waals surface area contributed by atoms with Crippen molar-refractivity contribution < 1.29 is 9.59 Å². The third-order valence-corrected chi connectivity index (χ3v) is 3.45. The van der Waals surface area contributed by atoms with Gasteiger partial charge in [-0.1, -0.05) is 23.8 Å². The van der Waals surface area contributed by atoms with Crippen molar-refractivity contribution in [3.8, 4) is 11.4 Å². The van der Waals surface area contributed by atoms with Gasteiger partial charge < -0.3 is 4.98 Å². The minimum absolute atomic E-state index is 0.143. The van der Waals surface area contributed by atoms with E-state index in [4.69, 9.17) is 0 Å². The highest BCUT2D eigenvalue weighted by Crippen LogP contribution is 2.20. The van der Waals surface area contributed by atoms with Gasteiger partial charge in [-0.2, -0.15) is 0 Å². The molecule has 0 bridgehead atoms. The second-order valence-electron chi connectivity index (χ2n) is 5.17. The third-order valence-electron chi connectivity index (χ3n) is 3.45.